The van der Waals surface area contributed by atoms with E-state index >= 15 is 0 Å². The third-order valence-electron chi connectivity index (χ3n) is 6.26. The second-order valence-corrected chi connectivity index (χ2v) is 8.39. The van der Waals surface area contributed by atoms with Crippen LogP contribution in [0.15, 0.2) is 10.6 Å². The van der Waals surface area contributed by atoms with Crippen LogP contribution in [0.2, 0.25) is 0 Å². The molecule has 4 aliphatic rings. The predicted molar refractivity (Wildman–Crippen MR) is 91.6 cm³/mol. The number of nitrogens with zero attached hydrogens (tertiary/aromatic N) is 3. The standard InChI is InChI=1S/C19H25N3O4/c23-17-2-1-7-21(17)9-13-5-6-19(25-10-13)11-22(12-19)18(24)15-8-16(26-20-15)14-3-4-14/h8,13-14H,1-7,9-12H2/t13-/m0/s1. The van der Waals surface area contributed by atoms with Crippen molar-refractivity contribution in [3.63, 3.8) is 0 Å². The van der Waals surface area contributed by atoms with Gasteiger partial charge in [-0.3, -0.25) is 9.59 Å². The Hall–Kier alpha value is -1.89. The van der Waals surface area contributed by atoms with Crippen LogP contribution in [0.4, 0.5) is 0 Å². The SMILES string of the molecule is O=C1CCCN1C[C@@H]1CCC2(CN(C(=O)c3cc(C4CC4)on3)C2)OC1. The minimum absolute atomic E-state index is 0.0559. The monoisotopic (exact) mass is 359 g/mol. The van der Waals surface area contributed by atoms with E-state index in [0.717, 1.165) is 51.0 Å². The number of likely N-dealkylation sites (tertiary alicyclic amines) is 2. The molecule has 0 unspecified atom stereocenters. The third-order valence-corrected chi connectivity index (χ3v) is 6.26. The maximum atomic E-state index is 12.5. The number of ether oxygens (including phenoxy) is 1. The van der Waals surface area contributed by atoms with Crippen LogP contribution in [-0.2, 0) is 9.53 Å². The van der Waals surface area contributed by atoms with Gasteiger partial charge in [0.2, 0.25) is 5.91 Å². The Balaban J connectivity index is 1.12. The molecule has 140 valence electrons. The van der Waals surface area contributed by atoms with Gasteiger partial charge >= 0.3 is 0 Å². The highest BCUT2D eigenvalue weighted by atomic mass is 16.5. The summed E-state index contributed by atoms with van der Waals surface area (Å²) in [6.07, 6.45) is 5.95. The Morgan fingerprint density at radius 1 is 1.31 bits per heavy atom. The van der Waals surface area contributed by atoms with Crippen LogP contribution < -0.4 is 0 Å². The van der Waals surface area contributed by atoms with E-state index in [1.807, 2.05) is 4.90 Å². The molecular weight excluding hydrogens is 334 g/mol. The van der Waals surface area contributed by atoms with E-state index < -0.39 is 0 Å². The maximum Gasteiger partial charge on any atom is 0.276 e. The van der Waals surface area contributed by atoms with Gasteiger partial charge in [-0.2, -0.15) is 0 Å². The van der Waals surface area contributed by atoms with E-state index in [-0.39, 0.29) is 17.4 Å². The molecule has 1 saturated carbocycles. The van der Waals surface area contributed by atoms with Crippen LogP contribution in [-0.4, -0.2) is 65.2 Å². The van der Waals surface area contributed by atoms with E-state index in [1.165, 1.54) is 0 Å². The van der Waals surface area contributed by atoms with Gasteiger partial charge in [0, 0.05) is 37.4 Å². The molecule has 1 atom stereocenters. The first-order valence-electron chi connectivity index (χ1n) is 9.79. The Morgan fingerprint density at radius 2 is 2.15 bits per heavy atom. The number of hydrogen-bond donors (Lipinski definition) is 0. The molecule has 1 aliphatic carbocycles. The van der Waals surface area contributed by atoms with E-state index in [1.54, 1.807) is 11.0 Å². The molecule has 4 fully saturated rings. The number of aromatic nitrogens is 1. The highest BCUT2D eigenvalue weighted by molar-refractivity contribution is 5.93. The van der Waals surface area contributed by atoms with Crippen molar-refractivity contribution in [1.82, 2.24) is 15.0 Å². The zero-order valence-corrected chi connectivity index (χ0v) is 15.0. The summed E-state index contributed by atoms with van der Waals surface area (Å²) in [5, 5.41) is 3.95. The topological polar surface area (TPSA) is 75.9 Å². The number of amides is 2. The molecule has 1 aromatic heterocycles. The fourth-order valence-corrected chi connectivity index (χ4v) is 4.42. The highest BCUT2D eigenvalue weighted by Crippen LogP contribution is 2.41. The lowest BCUT2D eigenvalue weighted by Gasteiger charge is -2.52. The Labute approximate surface area is 152 Å². The zero-order valence-electron chi connectivity index (χ0n) is 15.0. The normalized spacial score (nSPS) is 27.8. The van der Waals surface area contributed by atoms with Crippen molar-refractivity contribution in [2.45, 2.75) is 50.0 Å². The first-order chi connectivity index (χ1) is 12.6. The molecule has 2 amide bonds. The van der Waals surface area contributed by atoms with Crippen molar-refractivity contribution in [2.24, 2.45) is 5.92 Å². The van der Waals surface area contributed by atoms with E-state index in [0.29, 0.717) is 43.6 Å². The second kappa shape index (κ2) is 6.08. The molecule has 0 aromatic carbocycles. The quantitative estimate of drug-likeness (QED) is 0.819. The summed E-state index contributed by atoms with van der Waals surface area (Å²) < 4.78 is 11.4. The minimum Gasteiger partial charge on any atom is -0.371 e. The summed E-state index contributed by atoms with van der Waals surface area (Å²) in [5.74, 6) is 1.96. The van der Waals surface area contributed by atoms with Crippen LogP contribution >= 0.6 is 0 Å². The van der Waals surface area contributed by atoms with E-state index in [9.17, 15) is 9.59 Å². The molecule has 4 heterocycles. The summed E-state index contributed by atoms with van der Waals surface area (Å²) in [6.45, 7) is 3.66. The van der Waals surface area contributed by atoms with Crippen molar-refractivity contribution in [2.75, 3.05) is 32.8 Å². The molecule has 7 heteroatoms. The molecule has 26 heavy (non-hydrogen) atoms. The van der Waals surface area contributed by atoms with Crippen molar-refractivity contribution >= 4 is 11.8 Å². The second-order valence-electron chi connectivity index (χ2n) is 8.39. The van der Waals surface area contributed by atoms with Gasteiger partial charge in [0.05, 0.1) is 19.7 Å². The summed E-state index contributed by atoms with van der Waals surface area (Å²) in [4.78, 5) is 28.1. The summed E-state index contributed by atoms with van der Waals surface area (Å²) in [7, 11) is 0. The van der Waals surface area contributed by atoms with Gasteiger partial charge in [0.1, 0.15) is 11.4 Å². The van der Waals surface area contributed by atoms with Crippen molar-refractivity contribution in [3.8, 4) is 0 Å². The van der Waals surface area contributed by atoms with Crippen molar-refractivity contribution in [1.29, 1.82) is 0 Å². The van der Waals surface area contributed by atoms with Crippen molar-refractivity contribution in [3.05, 3.63) is 17.5 Å². The van der Waals surface area contributed by atoms with Crippen LogP contribution in [0, 0.1) is 5.92 Å². The largest absolute Gasteiger partial charge is 0.371 e. The first-order valence-corrected chi connectivity index (χ1v) is 9.79. The fourth-order valence-electron chi connectivity index (χ4n) is 4.42. The summed E-state index contributed by atoms with van der Waals surface area (Å²) in [6, 6.07) is 1.80. The van der Waals surface area contributed by atoms with Gasteiger partial charge < -0.3 is 19.1 Å². The van der Waals surface area contributed by atoms with E-state index in [2.05, 4.69) is 5.16 Å². The average molecular weight is 359 g/mol. The smallest absolute Gasteiger partial charge is 0.276 e. The highest BCUT2D eigenvalue weighted by Gasteiger charge is 2.49. The first kappa shape index (κ1) is 16.3. The molecule has 1 aromatic rings. The minimum atomic E-state index is -0.190. The molecule has 0 radical (unpaired) electrons. The number of hydrogen-bond acceptors (Lipinski definition) is 5. The van der Waals surface area contributed by atoms with Crippen LogP contribution in [0.5, 0.6) is 0 Å². The lowest BCUT2D eigenvalue weighted by molar-refractivity contribution is -0.169. The Morgan fingerprint density at radius 3 is 2.81 bits per heavy atom. The van der Waals surface area contributed by atoms with E-state index in [4.69, 9.17) is 9.26 Å². The van der Waals surface area contributed by atoms with Gasteiger partial charge in [-0.05, 0) is 32.1 Å². The lowest BCUT2D eigenvalue weighted by atomic mass is 9.82. The summed E-state index contributed by atoms with van der Waals surface area (Å²) >= 11 is 0. The average Bonchev–Trinajstić information content (AvgIpc) is 3.21. The number of carbonyl (C=O) groups excluding carboxylic acids is 2. The van der Waals surface area contributed by atoms with Crippen LogP contribution in [0.3, 0.4) is 0 Å². The zero-order chi connectivity index (χ0) is 17.7. The Bertz CT molecular complexity index is 710. The van der Waals surface area contributed by atoms with Crippen LogP contribution in [0.1, 0.15) is 60.7 Å². The van der Waals surface area contributed by atoms with Gasteiger partial charge in [-0.25, -0.2) is 0 Å². The Kier molecular flexibility index (Phi) is 3.81. The van der Waals surface area contributed by atoms with Gasteiger partial charge in [-0.1, -0.05) is 5.16 Å². The van der Waals surface area contributed by atoms with Gasteiger partial charge in [0.25, 0.3) is 5.91 Å². The molecular formula is C19H25N3O4. The third kappa shape index (κ3) is 2.92. The molecule has 3 aliphatic heterocycles. The van der Waals surface area contributed by atoms with Crippen LogP contribution in [0.25, 0.3) is 0 Å². The molecule has 5 rings (SSSR count). The number of carbonyl (C=O) groups is 2. The molecule has 7 nitrogen and oxygen atoms in total. The van der Waals surface area contributed by atoms with Gasteiger partial charge in [0.15, 0.2) is 5.69 Å². The summed E-state index contributed by atoms with van der Waals surface area (Å²) in [5.41, 5.74) is 0.229. The molecule has 0 bridgehead atoms. The van der Waals surface area contributed by atoms with Crippen molar-refractivity contribution < 1.29 is 18.8 Å². The molecule has 1 spiro atoms. The maximum absolute atomic E-state index is 12.5. The molecule has 3 saturated heterocycles. The fraction of sp³-hybridized carbons (Fsp3) is 0.737. The van der Waals surface area contributed by atoms with Gasteiger partial charge in [-0.15, -0.1) is 0 Å². The number of rotatable bonds is 4. The lowest BCUT2D eigenvalue weighted by Crippen LogP contribution is -2.66. The predicted octanol–water partition coefficient (Wildman–Crippen LogP) is 1.80. The molecule has 0 N–H and O–H groups in total.